The van der Waals surface area contributed by atoms with Gasteiger partial charge in [-0.25, -0.2) is 0 Å². The lowest BCUT2D eigenvalue weighted by Gasteiger charge is -2.28. The molecule has 4 aliphatic rings. The van der Waals surface area contributed by atoms with Gasteiger partial charge in [0, 0.05) is 15.2 Å². The van der Waals surface area contributed by atoms with Gasteiger partial charge in [-0.2, -0.15) is 0 Å². The predicted molar refractivity (Wildman–Crippen MR) is 114 cm³/mol. The monoisotopic (exact) mass is 384 g/mol. The van der Waals surface area contributed by atoms with Gasteiger partial charge in [-0.3, -0.25) is 4.21 Å². The summed E-state index contributed by atoms with van der Waals surface area (Å²) in [6.07, 6.45) is 2.96. The molecule has 0 saturated heterocycles. The number of benzene rings is 2. The summed E-state index contributed by atoms with van der Waals surface area (Å²) in [7, 11) is -1.18. The normalized spacial score (nSPS) is 16.9. The first-order valence-electron chi connectivity index (χ1n) is 10.0. The molecule has 0 unspecified atom stereocenters. The van der Waals surface area contributed by atoms with E-state index in [1.807, 2.05) is 34.6 Å². The number of hydrogen-bond acceptors (Lipinski definition) is 2. The van der Waals surface area contributed by atoms with Crippen LogP contribution >= 0.6 is 0 Å². The summed E-state index contributed by atoms with van der Waals surface area (Å²) in [5.74, 6) is 0.0842. The van der Waals surface area contributed by atoms with E-state index in [2.05, 4.69) is 36.4 Å². The summed E-state index contributed by atoms with van der Waals surface area (Å²) in [5.41, 5.74) is 5.79. The molecule has 0 radical (unpaired) electrons. The Morgan fingerprint density at radius 3 is 1.81 bits per heavy atom. The van der Waals surface area contributed by atoms with Gasteiger partial charge in [0.25, 0.3) is 0 Å². The second-order valence-corrected chi connectivity index (χ2v) is 11.2. The molecule has 2 aromatic rings. The molecule has 146 valence electrons. The van der Waals surface area contributed by atoms with Crippen LogP contribution in [0.2, 0.25) is 0 Å². The summed E-state index contributed by atoms with van der Waals surface area (Å²) in [5, 5.41) is 11.1. The largest absolute Gasteiger partial charge is 0.388 e. The minimum Gasteiger partial charge on any atom is -0.388 e. The fraction of sp³-hybridized carbons (Fsp3) is 0.500. The third-order valence-corrected chi connectivity index (χ3v) is 7.39. The minimum absolute atomic E-state index is 0.0842. The maximum absolute atomic E-state index is 13.6. The zero-order valence-corrected chi connectivity index (χ0v) is 18.0. The third-order valence-electron chi connectivity index (χ3n) is 5.43. The zero-order chi connectivity index (χ0) is 19.8. The van der Waals surface area contributed by atoms with E-state index in [9.17, 15) is 9.32 Å². The quantitative estimate of drug-likeness (QED) is 0.793. The first-order valence-corrected chi connectivity index (χ1v) is 11.2. The molecule has 0 spiro atoms. The van der Waals surface area contributed by atoms with Gasteiger partial charge >= 0.3 is 0 Å². The van der Waals surface area contributed by atoms with E-state index in [1.54, 1.807) is 0 Å². The Hall–Kier alpha value is -1.45. The SMILES string of the molecule is CC(C)[C@H](O)c1c2ccc(c1[S@@](=O)C(C)(C)C)CCc1ccc(cc1)CC2. The van der Waals surface area contributed by atoms with Crippen molar-refractivity contribution in [3.63, 3.8) is 0 Å². The molecular weight excluding hydrogens is 352 g/mol. The van der Waals surface area contributed by atoms with Gasteiger partial charge in [0.1, 0.15) is 0 Å². The van der Waals surface area contributed by atoms with Crippen LogP contribution in [0.1, 0.15) is 68.5 Å². The van der Waals surface area contributed by atoms with E-state index in [0.717, 1.165) is 47.3 Å². The highest BCUT2D eigenvalue weighted by Gasteiger charge is 2.31. The lowest BCUT2D eigenvalue weighted by molar-refractivity contribution is 0.123. The van der Waals surface area contributed by atoms with Gasteiger partial charge in [-0.05, 0) is 74.6 Å². The van der Waals surface area contributed by atoms with Crippen LogP contribution in [0.3, 0.4) is 0 Å². The third kappa shape index (κ3) is 4.35. The molecule has 2 atom stereocenters. The summed E-state index contributed by atoms with van der Waals surface area (Å²) in [6.45, 7) is 10.1. The van der Waals surface area contributed by atoms with Crippen LogP contribution in [0.5, 0.6) is 0 Å². The second-order valence-electron chi connectivity index (χ2n) is 9.01. The fourth-order valence-corrected chi connectivity index (χ4v) is 5.19. The van der Waals surface area contributed by atoms with E-state index >= 15 is 0 Å². The molecule has 0 aliphatic heterocycles. The highest BCUT2D eigenvalue weighted by molar-refractivity contribution is 7.86. The first-order chi connectivity index (χ1) is 12.7. The number of hydrogen-bond donors (Lipinski definition) is 1. The van der Waals surface area contributed by atoms with Crippen molar-refractivity contribution in [1.82, 2.24) is 0 Å². The van der Waals surface area contributed by atoms with E-state index in [0.29, 0.717) is 0 Å². The molecule has 3 heteroatoms. The molecular formula is C24H32O2S. The Kier molecular flexibility index (Phi) is 5.93. The van der Waals surface area contributed by atoms with Gasteiger partial charge in [-0.1, -0.05) is 50.2 Å². The van der Waals surface area contributed by atoms with E-state index in [4.69, 9.17) is 0 Å². The average molecular weight is 385 g/mol. The Bertz CT molecular complexity index is 829. The van der Waals surface area contributed by atoms with Crippen molar-refractivity contribution in [2.24, 2.45) is 5.92 Å². The van der Waals surface area contributed by atoms with Crippen molar-refractivity contribution in [3.8, 4) is 0 Å². The summed E-state index contributed by atoms with van der Waals surface area (Å²) < 4.78 is 13.2. The predicted octanol–water partition coefficient (Wildman–Crippen LogP) is 5.17. The van der Waals surface area contributed by atoms with Crippen molar-refractivity contribution < 1.29 is 9.32 Å². The molecule has 2 nitrogen and oxygen atoms in total. The number of aliphatic hydroxyl groups is 1. The van der Waals surface area contributed by atoms with Gasteiger partial charge < -0.3 is 5.11 Å². The molecule has 0 saturated carbocycles. The summed E-state index contributed by atoms with van der Waals surface area (Å²) in [6, 6.07) is 13.2. The van der Waals surface area contributed by atoms with Crippen LogP contribution in [-0.2, 0) is 36.5 Å². The van der Waals surface area contributed by atoms with Gasteiger partial charge in [0.05, 0.1) is 16.9 Å². The lowest BCUT2D eigenvalue weighted by atomic mass is 9.88. The molecule has 4 aliphatic carbocycles. The van der Waals surface area contributed by atoms with Crippen molar-refractivity contribution in [1.29, 1.82) is 0 Å². The molecule has 0 amide bonds. The molecule has 6 rings (SSSR count). The van der Waals surface area contributed by atoms with Crippen molar-refractivity contribution >= 4 is 10.8 Å². The maximum atomic E-state index is 13.6. The summed E-state index contributed by atoms with van der Waals surface area (Å²) in [4.78, 5) is 0.885. The Labute approximate surface area is 166 Å². The standard InChI is InChI=1S/C24H32O2S/c1-16(2)22(25)21-19-12-10-17-6-8-18(9-7-17)11-13-20(15-14-19)23(21)27(26)24(3,4)5/h6-9,14-16,22,25H,10-13H2,1-5H3/t22-,27+/m0/s1. The Morgan fingerprint density at radius 1 is 0.852 bits per heavy atom. The van der Waals surface area contributed by atoms with Crippen LogP contribution in [0.4, 0.5) is 0 Å². The van der Waals surface area contributed by atoms with E-state index in [-0.39, 0.29) is 10.7 Å². The average Bonchev–Trinajstić information content (AvgIpc) is 2.61. The molecule has 4 bridgehead atoms. The second kappa shape index (κ2) is 7.89. The molecule has 1 N–H and O–H groups in total. The molecule has 2 aromatic carbocycles. The van der Waals surface area contributed by atoms with E-state index < -0.39 is 16.9 Å². The number of rotatable bonds is 3. The summed E-state index contributed by atoms with van der Waals surface area (Å²) >= 11 is 0. The highest BCUT2D eigenvalue weighted by atomic mass is 32.2. The van der Waals surface area contributed by atoms with Gasteiger partial charge in [0.15, 0.2) is 0 Å². The number of aliphatic hydroxyl groups excluding tert-OH is 1. The molecule has 0 fully saturated rings. The maximum Gasteiger partial charge on any atom is 0.0827 e. The molecule has 0 aromatic heterocycles. The smallest absolute Gasteiger partial charge is 0.0827 e. The van der Waals surface area contributed by atoms with Gasteiger partial charge in [-0.15, -0.1) is 0 Å². The highest BCUT2D eigenvalue weighted by Crippen LogP contribution is 2.37. The van der Waals surface area contributed by atoms with Crippen molar-refractivity contribution in [3.05, 3.63) is 64.2 Å². The van der Waals surface area contributed by atoms with Crippen molar-refractivity contribution in [2.75, 3.05) is 0 Å². The molecule has 27 heavy (non-hydrogen) atoms. The lowest BCUT2D eigenvalue weighted by Crippen LogP contribution is -2.26. The first kappa shape index (κ1) is 20.3. The van der Waals surface area contributed by atoms with Crippen LogP contribution in [0, 0.1) is 5.92 Å². The zero-order valence-electron chi connectivity index (χ0n) is 17.2. The van der Waals surface area contributed by atoms with Crippen LogP contribution in [0.15, 0.2) is 41.3 Å². The Morgan fingerprint density at radius 2 is 1.33 bits per heavy atom. The fourth-order valence-electron chi connectivity index (χ4n) is 3.71. The minimum atomic E-state index is -1.18. The topological polar surface area (TPSA) is 37.3 Å². The Balaban J connectivity index is 2.22. The number of aryl methyl sites for hydroxylation is 4. The van der Waals surface area contributed by atoms with Crippen molar-refractivity contribution in [2.45, 2.75) is 76.0 Å². The van der Waals surface area contributed by atoms with Crippen LogP contribution < -0.4 is 0 Å². The van der Waals surface area contributed by atoms with Crippen LogP contribution in [-0.4, -0.2) is 14.1 Å². The van der Waals surface area contributed by atoms with Gasteiger partial charge in [0.2, 0.25) is 0 Å². The van der Waals surface area contributed by atoms with E-state index in [1.165, 1.54) is 11.1 Å². The molecule has 0 heterocycles. The van der Waals surface area contributed by atoms with Crippen LogP contribution in [0.25, 0.3) is 0 Å².